The maximum atomic E-state index is 13.6. The topological polar surface area (TPSA) is 62.1 Å². The van der Waals surface area contributed by atoms with Crippen molar-refractivity contribution in [3.8, 4) is 6.07 Å². The van der Waals surface area contributed by atoms with Crippen molar-refractivity contribution in [3.63, 3.8) is 0 Å². The van der Waals surface area contributed by atoms with Crippen molar-refractivity contribution in [2.45, 2.75) is 12.8 Å². The number of halogens is 2. The quantitative estimate of drug-likeness (QED) is 0.907. The molecule has 2 rings (SSSR count). The molecule has 0 unspecified atom stereocenters. The number of rotatable bonds is 2. The number of ether oxygens (including phenoxy) is 1. The van der Waals surface area contributed by atoms with E-state index in [-0.39, 0.29) is 10.7 Å². The van der Waals surface area contributed by atoms with Crippen molar-refractivity contribution >= 4 is 23.2 Å². The van der Waals surface area contributed by atoms with Crippen LogP contribution in [0.2, 0.25) is 5.02 Å². The highest BCUT2D eigenvalue weighted by Crippen LogP contribution is 2.33. The highest BCUT2D eigenvalue weighted by Gasteiger charge is 2.40. The predicted molar refractivity (Wildman–Crippen MR) is 68.1 cm³/mol. The molecule has 1 aromatic rings. The van der Waals surface area contributed by atoms with Gasteiger partial charge in [0.05, 0.1) is 16.8 Å². The molecule has 1 heterocycles. The van der Waals surface area contributed by atoms with Gasteiger partial charge < -0.3 is 10.1 Å². The minimum Gasteiger partial charge on any atom is -0.381 e. The molecule has 0 bridgehead atoms. The first-order chi connectivity index (χ1) is 9.09. The zero-order chi connectivity index (χ0) is 13.9. The second-order valence-corrected chi connectivity index (χ2v) is 4.76. The Morgan fingerprint density at radius 2 is 2.16 bits per heavy atom. The van der Waals surface area contributed by atoms with E-state index >= 15 is 0 Å². The highest BCUT2D eigenvalue weighted by molar-refractivity contribution is 6.33. The summed E-state index contributed by atoms with van der Waals surface area (Å²) in [5, 5.41) is 11.8. The minimum absolute atomic E-state index is 0.0877. The van der Waals surface area contributed by atoms with Gasteiger partial charge in [0, 0.05) is 13.2 Å². The number of carbonyl (C=O) groups is 1. The molecular weight excluding hydrogens is 271 g/mol. The van der Waals surface area contributed by atoms with Crippen LogP contribution in [0, 0.1) is 22.6 Å². The molecule has 4 nitrogen and oxygen atoms in total. The SMILES string of the molecule is N#CC1(C(=O)Nc2c(F)cccc2Cl)CCOCC1. The molecular formula is C13H12ClFN2O2. The van der Waals surface area contributed by atoms with Gasteiger partial charge in [-0.3, -0.25) is 4.79 Å². The average molecular weight is 283 g/mol. The van der Waals surface area contributed by atoms with Crippen molar-refractivity contribution in [1.82, 2.24) is 0 Å². The average Bonchev–Trinajstić information content (AvgIpc) is 2.43. The van der Waals surface area contributed by atoms with Crippen LogP contribution in [0.1, 0.15) is 12.8 Å². The van der Waals surface area contributed by atoms with Gasteiger partial charge in [-0.15, -0.1) is 0 Å². The normalized spacial score (nSPS) is 17.5. The van der Waals surface area contributed by atoms with Crippen molar-refractivity contribution in [2.75, 3.05) is 18.5 Å². The summed E-state index contributed by atoms with van der Waals surface area (Å²) in [4.78, 5) is 12.2. The first kappa shape index (κ1) is 13.8. The van der Waals surface area contributed by atoms with Crippen molar-refractivity contribution in [1.29, 1.82) is 5.26 Å². The Morgan fingerprint density at radius 1 is 1.47 bits per heavy atom. The van der Waals surface area contributed by atoms with Crippen molar-refractivity contribution in [3.05, 3.63) is 29.0 Å². The van der Waals surface area contributed by atoms with E-state index in [9.17, 15) is 14.4 Å². The third-order valence-corrected chi connectivity index (χ3v) is 3.51. The molecule has 100 valence electrons. The molecule has 1 N–H and O–H groups in total. The number of carbonyl (C=O) groups excluding carboxylic acids is 1. The minimum atomic E-state index is -1.18. The first-order valence-electron chi connectivity index (χ1n) is 5.83. The van der Waals surface area contributed by atoms with Crippen LogP contribution in [-0.4, -0.2) is 19.1 Å². The number of hydrogen-bond donors (Lipinski definition) is 1. The number of nitrogens with one attached hydrogen (secondary N) is 1. The van der Waals surface area contributed by atoms with Gasteiger partial charge in [-0.05, 0) is 25.0 Å². The fourth-order valence-corrected chi connectivity index (χ4v) is 2.17. The van der Waals surface area contributed by atoms with Gasteiger partial charge in [-0.25, -0.2) is 4.39 Å². The van der Waals surface area contributed by atoms with E-state index in [1.54, 1.807) is 0 Å². The van der Waals surface area contributed by atoms with Crippen LogP contribution in [-0.2, 0) is 9.53 Å². The molecule has 19 heavy (non-hydrogen) atoms. The molecule has 0 spiro atoms. The van der Waals surface area contributed by atoms with Gasteiger partial charge in [-0.1, -0.05) is 17.7 Å². The summed E-state index contributed by atoms with van der Waals surface area (Å²) in [7, 11) is 0. The van der Waals surface area contributed by atoms with Crippen molar-refractivity contribution in [2.24, 2.45) is 5.41 Å². The second kappa shape index (κ2) is 5.55. The second-order valence-electron chi connectivity index (χ2n) is 4.36. The smallest absolute Gasteiger partial charge is 0.245 e. The Bertz CT molecular complexity index is 516. The summed E-state index contributed by atoms with van der Waals surface area (Å²) >= 11 is 5.84. The van der Waals surface area contributed by atoms with E-state index in [1.165, 1.54) is 18.2 Å². The molecule has 1 aromatic carbocycles. The largest absolute Gasteiger partial charge is 0.381 e. The summed E-state index contributed by atoms with van der Waals surface area (Å²) in [6.07, 6.45) is 0.586. The van der Waals surface area contributed by atoms with E-state index in [4.69, 9.17) is 16.3 Å². The number of amides is 1. The third-order valence-electron chi connectivity index (χ3n) is 3.20. The molecule has 0 atom stereocenters. The molecule has 6 heteroatoms. The van der Waals surface area contributed by atoms with Crippen LogP contribution in [0.5, 0.6) is 0 Å². The zero-order valence-electron chi connectivity index (χ0n) is 10.1. The predicted octanol–water partition coefficient (Wildman–Crippen LogP) is 2.74. The molecule has 1 aliphatic heterocycles. The van der Waals surface area contributed by atoms with E-state index < -0.39 is 17.1 Å². The Labute approximate surface area is 115 Å². The van der Waals surface area contributed by atoms with Crippen LogP contribution < -0.4 is 5.32 Å². The number of nitrogens with zero attached hydrogens (tertiary/aromatic N) is 1. The standard InChI is InChI=1S/C13H12ClFN2O2/c14-9-2-1-3-10(15)11(9)17-12(18)13(8-16)4-6-19-7-5-13/h1-3H,4-7H2,(H,17,18). The molecule has 1 aliphatic rings. The summed E-state index contributed by atoms with van der Waals surface area (Å²) in [5.74, 6) is -1.16. The van der Waals surface area contributed by atoms with Gasteiger partial charge in [-0.2, -0.15) is 5.26 Å². The third kappa shape index (κ3) is 2.70. The fourth-order valence-electron chi connectivity index (χ4n) is 1.96. The molecule has 0 saturated carbocycles. The summed E-state index contributed by atoms with van der Waals surface area (Å²) in [6.45, 7) is 0.679. The van der Waals surface area contributed by atoms with E-state index in [0.717, 1.165) is 0 Å². The summed E-state index contributed by atoms with van der Waals surface area (Å²) in [5.41, 5.74) is -1.26. The number of nitriles is 1. The lowest BCUT2D eigenvalue weighted by molar-refractivity contribution is -0.126. The van der Waals surface area contributed by atoms with E-state index in [0.29, 0.717) is 26.1 Å². The van der Waals surface area contributed by atoms with Gasteiger partial charge >= 0.3 is 0 Å². The lowest BCUT2D eigenvalue weighted by Gasteiger charge is -2.29. The fraction of sp³-hybridized carbons (Fsp3) is 0.385. The maximum absolute atomic E-state index is 13.6. The Morgan fingerprint density at radius 3 is 2.74 bits per heavy atom. The van der Waals surface area contributed by atoms with Crippen LogP contribution in [0.15, 0.2) is 18.2 Å². The number of para-hydroxylation sites is 1. The Hall–Kier alpha value is -1.64. The van der Waals surface area contributed by atoms with Crippen LogP contribution in [0.3, 0.4) is 0 Å². The van der Waals surface area contributed by atoms with Crippen molar-refractivity contribution < 1.29 is 13.9 Å². The number of hydrogen-bond acceptors (Lipinski definition) is 3. The van der Waals surface area contributed by atoms with E-state index in [2.05, 4.69) is 5.32 Å². The Balaban J connectivity index is 2.23. The molecule has 1 amide bonds. The van der Waals surface area contributed by atoms with Gasteiger partial charge in [0.1, 0.15) is 11.2 Å². The number of anilines is 1. The monoisotopic (exact) mass is 282 g/mol. The Kier molecular flexibility index (Phi) is 4.03. The lowest BCUT2D eigenvalue weighted by atomic mass is 9.81. The summed E-state index contributed by atoms with van der Waals surface area (Å²) < 4.78 is 18.7. The van der Waals surface area contributed by atoms with Gasteiger partial charge in [0.15, 0.2) is 0 Å². The number of benzene rings is 1. The molecule has 0 aliphatic carbocycles. The lowest BCUT2D eigenvalue weighted by Crippen LogP contribution is -2.40. The van der Waals surface area contributed by atoms with Crippen LogP contribution in [0.4, 0.5) is 10.1 Å². The van der Waals surface area contributed by atoms with Crippen LogP contribution >= 0.6 is 11.6 Å². The highest BCUT2D eigenvalue weighted by atomic mass is 35.5. The van der Waals surface area contributed by atoms with Gasteiger partial charge in [0.25, 0.3) is 0 Å². The van der Waals surface area contributed by atoms with E-state index in [1.807, 2.05) is 6.07 Å². The van der Waals surface area contributed by atoms with Gasteiger partial charge in [0.2, 0.25) is 5.91 Å². The zero-order valence-corrected chi connectivity index (χ0v) is 10.8. The molecule has 1 saturated heterocycles. The molecule has 1 fully saturated rings. The first-order valence-corrected chi connectivity index (χ1v) is 6.21. The molecule has 0 aromatic heterocycles. The van der Waals surface area contributed by atoms with Crippen LogP contribution in [0.25, 0.3) is 0 Å². The molecule has 0 radical (unpaired) electrons. The summed E-state index contributed by atoms with van der Waals surface area (Å²) in [6, 6.07) is 6.14. The maximum Gasteiger partial charge on any atom is 0.245 e.